The van der Waals surface area contributed by atoms with Crippen LogP contribution in [0, 0.1) is 11.3 Å². The Morgan fingerprint density at radius 3 is 2.44 bits per heavy atom. The summed E-state index contributed by atoms with van der Waals surface area (Å²) in [6.45, 7) is 5.73. The van der Waals surface area contributed by atoms with E-state index in [9.17, 15) is 9.59 Å². The van der Waals surface area contributed by atoms with Crippen LogP contribution < -0.4 is 4.90 Å². The molecule has 0 saturated carbocycles. The Morgan fingerprint density at radius 1 is 1.12 bits per heavy atom. The van der Waals surface area contributed by atoms with Crippen molar-refractivity contribution in [3.05, 3.63) is 72.3 Å². The SMILES string of the molecule is CC(C)c1cc(C(=O)O[C@H](C)C(=O)N(CCC#N)c2ccccc2)nn1-c1ccncc1. The van der Waals surface area contributed by atoms with Gasteiger partial charge in [-0.05, 0) is 43.2 Å². The van der Waals surface area contributed by atoms with Crippen LogP contribution in [-0.4, -0.2) is 39.3 Å². The summed E-state index contributed by atoms with van der Waals surface area (Å²) >= 11 is 0. The average Bonchev–Trinajstić information content (AvgIpc) is 3.26. The number of amides is 1. The second kappa shape index (κ2) is 10.4. The van der Waals surface area contributed by atoms with Crippen LogP contribution in [0.15, 0.2) is 60.9 Å². The highest BCUT2D eigenvalue weighted by molar-refractivity contribution is 5.98. The number of anilines is 1. The van der Waals surface area contributed by atoms with E-state index in [-0.39, 0.29) is 24.6 Å². The fourth-order valence-corrected chi connectivity index (χ4v) is 3.23. The van der Waals surface area contributed by atoms with E-state index in [2.05, 4.69) is 10.1 Å². The summed E-state index contributed by atoms with van der Waals surface area (Å²) in [6.07, 6.45) is 2.42. The first-order valence-electron chi connectivity index (χ1n) is 10.4. The number of benzene rings is 1. The summed E-state index contributed by atoms with van der Waals surface area (Å²) in [5.41, 5.74) is 2.37. The van der Waals surface area contributed by atoms with Gasteiger partial charge in [0.1, 0.15) is 0 Å². The third-order valence-corrected chi connectivity index (χ3v) is 4.86. The van der Waals surface area contributed by atoms with E-state index in [0.717, 1.165) is 11.4 Å². The minimum Gasteiger partial charge on any atom is -0.448 e. The first-order valence-corrected chi connectivity index (χ1v) is 10.4. The van der Waals surface area contributed by atoms with Crippen molar-refractivity contribution in [3.8, 4) is 11.8 Å². The summed E-state index contributed by atoms with van der Waals surface area (Å²) in [5, 5.41) is 13.4. The van der Waals surface area contributed by atoms with Crippen LogP contribution in [0.5, 0.6) is 0 Å². The summed E-state index contributed by atoms with van der Waals surface area (Å²) in [6, 6.07) is 16.3. The fourth-order valence-electron chi connectivity index (χ4n) is 3.23. The summed E-state index contributed by atoms with van der Waals surface area (Å²) in [7, 11) is 0. The molecule has 0 aliphatic carbocycles. The molecule has 0 unspecified atom stereocenters. The predicted molar refractivity (Wildman–Crippen MR) is 119 cm³/mol. The lowest BCUT2D eigenvalue weighted by Crippen LogP contribution is -2.40. The number of hydrogen-bond donors (Lipinski definition) is 0. The van der Waals surface area contributed by atoms with E-state index >= 15 is 0 Å². The predicted octanol–water partition coefficient (Wildman–Crippen LogP) is 3.88. The van der Waals surface area contributed by atoms with Gasteiger partial charge in [-0.3, -0.25) is 9.78 Å². The zero-order valence-corrected chi connectivity index (χ0v) is 18.3. The second-order valence-corrected chi connectivity index (χ2v) is 7.51. The molecule has 0 bridgehead atoms. The molecule has 0 radical (unpaired) electrons. The molecule has 164 valence electrons. The number of esters is 1. The first kappa shape index (κ1) is 22.7. The van der Waals surface area contributed by atoms with Gasteiger partial charge in [-0.15, -0.1) is 0 Å². The van der Waals surface area contributed by atoms with Gasteiger partial charge in [0.15, 0.2) is 11.8 Å². The van der Waals surface area contributed by atoms with Gasteiger partial charge in [-0.1, -0.05) is 32.0 Å². The molecule has 32 heavy (non-hydrogen) atoms. The van der Waals surface area contributed by atoms with E-state index in [0.29, 0.717) is 5.69 Å². The van der Waals surface area contributed by atoms with E-state index in [1.165, 1.54) is 11.8 Å². The molecule has 0 saturated heterocycles. The minimum absolute atomic E-state index is 0.107. The molecule has 0 spiro atoms. The monoisotopic (exact) mass is 431 g/mol. The van der Waals surface area contributed by atoms with E-state index in [4.69, 9.17) is 10.00 Å². The van der Waals surface area contributed by atoms with Gasteiger partial charge in [-0.25, -0.2) is 9.48 Å². The minimum atomic E-state index is -1.05. The molecule has 3 aromatic rings. The van der Waals surface area contributed by atoms with Crippen molar-refractivity contribution < 1.29 is 14.3 Å². The molecule has 2 aromatic heterocycles. The van der Waals surface area contributed by atoms with Gasteiger partial charge >= 0.3 is 5.97 Å². The van der Waals surface area contributed by atoms with Crippen LogP contribution in [0.2, 0.25) is 0 Å². The Hall–Kier alpha value is -3.99. The number of aromatic nitrogens is 3. The van der Waals surface area contributed by atoms with Gasteiger partial charge in [0, 0.05) is 30.3 Å². The summed E-state index contributed by atoms with van der Waals surface area (Å²) < 4.78 is 7.14. The van der Waals surface area contributed by atoms with Gasteiger partial charge in [0.25, 0.3) is 5.91 Å². The Morgan fingerprint density at radius 2 is 1.81 bits per heavy atom. The van der Waals surface area contributed by atoms with Crippen LogP contribution in [0.25, 0.3) is 5.69 Å². The molecule has 8 heteroatoms. The van der Waals surface area contributed by atoms with Gasteiger partial charge in [0.2, 0.25) is 0 Å². The third-order valence-electron chi connectivity index (χ3n) is 4.86. The van der Waals surface area contributed by atoms with Gasteiger partial charge in [0.05, 0.1) is 18.2 Å². The Bertz CT molecular complexity index is 1100. The Labute approximate surface area is 187 Å². The number of pyridine rings is 1. The van der Waals surface area contributed by atoms with Crippen molar-refractivity contribution in [1.82, 2.24) is 14.8 Å². The van der Waals surface area contributed by atoms with Crippen molar-refractivity contribution in [2.45, 2.75) is 39.2 Å². The quantitative estimate of drug-likeness (QED) is 0.502. The number of carbonyl (C=O) groups is 2. The Balaban J connectivity index is 1.80. The van der Waals surface area contributed by atoms with Crippen molar-refractivity contribution in [1.29, 1.82) is 5.26 Å². The lowest BCUT2D eigenvalue weighted by Gasteiger charge is -2.24. The van der Waals surface area contributed by atoms with Crippen LogP contribution in [0.3, 0.4) is 0 Å². The van der Waals surface area contributed by atoms with Crippen molar-refractivity contribution in [2.24, 2.45) is 0 Å². The van der Waals surface area contributed by atoms with E-state index in [1.807, 2.05) is 26.0 Å². The normalized spacial score (nSPS) is 11.6. The maximum Gasteiger partial charge on any atom is 0.359 e. The highest BCUT2D eigenvalue weighted by atomic mass is 16.5. The van der Waals surface area contributed by atoms with E-state index in [1.54, 1.807) is 59.5 Å². The first-order chi connectivity index (χ1) is 15.4. The number of nitrogens with zero attached hydrogens (tertiary/aromatic N) is 5. The highest BCUT2D eigenvalue weighted by Crippen LogP contribution is 2.21. The van der Waals surface area contributed by atoms with Gasteiger partial charge < -0.3 is 9.64 Å². The van der Waals surface area contributed by atoms with Crippen LogP contribution in [-0.2, 0) is 9.53 Å². The Kier molecular flexibility index (Phi) is 7.34. The molecule has 1 aromatic carbocycles. The molecule has 0 aliphatic heterocycles. The maximum absolute atomic E-state index is 13.0. The number of carbonyl (C=O) groups excluding carboxylic acids is 2. The number of hydrogen-bond acceptors (Lipinski definition) is 6. The molecule has 3 rings (SSSR count). The highest BCUT2D eigenvalue weighted by Gasteiger charge is 2.27. The van der Waals surface area contributed by atoms with Gasteiger partial charge in [-0.2, -0.15) is 10.4 Å². The molecule has 0 N–H and O–H groups in total. The lowest BCUT2D eigenvalue weighted by atomic mass is 10.1. The van der Waals surface area contributed by atoms with Crippen LogP contribution in [0.4, 0.5) is 5.69 Å². The third kappa shape index (κ3) is 5.19. The lowest BCUT2D eigenvalue weighted by molar-refractivity contribution is -0.126. The van der Waals surface area contributed by atoms with Crippen molar-refractivity contribution in [2.75, 3.05) is 11.4 Å². The molecule has 0 fully saturated rings. The number of ether oxygens (including phenoxy) is 1. The molecular formula is C24H25N5O3. The zero-order chi connectivity index (χ0) is 23.1. The zero-order valence-electron chi connectivity index (χ0n) is 18.3. The largest absolute Gasteiger partial charge is 0.448 e. The fraction of sp³-hybridized carbons (Fsp3) is 0.292. The molecule has 1 atom stereocenters. The van der Waals surface area contributed by atoms with Crippen molar-refractivity contribution >= 4 is 17.6 Å². The number of nitriles is 1. The standard InChI is InChI=1S/C24H25N5O3/c1-17(2)22-16-21(27-29(22)20-10-13-26-14-11-20)24(31)32-18(3)23(30)28(15-7-12-25)19-8-5-4-6-9-19/h4-6,8-11,13-14,16-18H,7,15H2,1-3H3/t18-/m1/s1. The topological polar surface area (TPSA) is 101 Å². The number of rotatable bonds is 8. The second-order valence-electron chi connectivity index (χ2n) is 7.51. The van der Waals surface area contributed by atoms with Crippen LogP contribution >= 0.6 is 0 Å². The summed E-state index contributed by atoms with van der Waals surface area (Å²) in [5.74, 6) is -0.984. The summed E-state index contributed by atoms with van der Waals surface area (Å²) in [4.78, 5) is 31.3. The van der Waals surface area contributed by atoms with Crippen LogP contribution in [0.1, 0.15) is 49.3 Å². The average molecular weight is 431 g/mol. The molecular weight excluding hydrogens is 406 g/mol. The molecule has 8 nitrogen and oxygen atoms in total. The maximum atomic E-state index is 13.0. The van der Waals surface area contributed by atoms with E-state index < -0.39 is 18.0 Å². The number of para-hydroxylation sites is 1. The van der Waals surface area contributed by atoms with Crippen molar-refractivity contribution in [3.63, 3.8) is 0 Å². The molecule has 2 heterocycles. The molecule has 1 amide bonds. The smallest absolute Gasteiger partial charge is 0.359 e. The molecule has 0 aliphatic rings.